The Morgan fingerprint density at radius 3 is 2.12 bits per heavy atom. The number of benzene rings is 2. The summed E-state index contributed by atoms with van der Waals surface area (Å²) >= 11 is 0. The lowest BCUT2D eigenvalue weighted by Crippen LogP contribution is -2.27. The summed E-state index contributed by atoms with van der Waals surface area (Å²) in [7, 11) is -0.616. The van der Waals surface area contributed by atoms with E-state index in [0.29, 0.717) is 36.1 Å². The molecule has 0 atom stereocenters. The van der Waals surface area contributed by atoms with E-state index in [1.54, 1.807) is 37.4 Å². The summed E-state index contributed by atoms with van der Waals surface area (Å²) in [6.45, 7) is 2.30. The van der Waals surface area contributed by atoms with E-state index in [1.165, 1.54) is 35.3 Å². The SMILES string of the molecule is CC(=O)N(C)c1ccc(N(C)S(=O)(=O)c2ccc3c(c2)OCCO3)cc1. The lowest BCUT2D eigenvalue weighted by atomic mass is 10.2. The largest absolute Gasteiger partial charge is 0.486 e. The molecule has 0 unspecified atom stereocenters. The van der Waals surface area contributed by atoms with Crippen molar-refractivity contribution in [2.24, 2.45) is 0 Å². The predicted molar refractivity (Wildman–Crippen MR) is 98.5 cm³/mol. The third kappa shape index (κ3) is 3.32. The number of amides is 1. The molecule has 1 aliphatic rings. The minimum Gasteiger partial charge on any atom is -0.486 e. The van der Waals surface area contributed by atoms with Crippen molar-refractivity contribution in [3.63, 3.8) is 0 Å². The minimum absolute atomic E-state index is 0.102. The summed E-state index contributed by atoms with van der Waals surface area (Å²) in [5, 5.41) is 0. The van der Waals surface area contributed by atoms with Crippen LogP contribution in [0.25, 0.3) is 0 Å². The topological polar surface area (TPSA) is 76.2 Å². The van der Waals surface area contributed by atoms with Crippen molar-refractivity contribution in [1.82, 2.24) is 0 Å². The Labute approximate surface area is 152 Å². The van der Waals surface area contributed by atoms with Crippen molar-refractivity contribution in [3.8, 4) is 11.5 Å². The van der Waals surface area contributed by atoms with Gasteiger partial charge >= 0.3 is 0 Å². The van der Waals surface area contributed by atoms with Crippen molar-refractivity contribution < 1.29 is 22.7 Å². The number of carbonyl (C=O) groups excluding carboxylic acids is 1. The number of hydrogen-bond donors (Lipinski definition) is 0. The van der Waals surface area contributed by atoms with Gasteiger partial charge in [0.05, 0.1) is 10.6 Å². The highest BCUT2D eigenvalue weighted by molar-refractivity contribution is 7.92. The molecule has 0 aliphatic carbocycles. The van der Waals surface area contributed by atoms with Gasteiger partial charge in [0.2, 0.25) is 5.91 Å². The summed E-state index contributed by atoms with van der Waals surface area (Å²) in [6.07, 6.45) is 0. The van der Waals surface area contributed by atoms with Crippen LogP contribution in [0.4, 0.5) is 11.4 Å². The van der Waals surface area contributed by atoms with E-state index in [9.17, 15) is 13.2 Å². The van der Waals surface area contributed by atoms with E-state index in [1.807, 2.05) is 0 Å². The second-order valence-electron chi connectivity index (χ2n) is 5.87. The lowest BCUT2D eigenvalue weighted by Gasteiger charge is -2.23. The number of rotatable bonds is 4. The number of hydrogen-bond acceptors (Lipinski definition) is 5. The van der Waals surface area contributed by atoms with Gasteiger partial charge in [0.1, 0.15) is 13.2 Å². The molecular weight excluding hydrogens is 356 g/mol. The van der Waals surface area contributed by atoms with Crippen LogP contribution >= 0.6 is 0 Å². The zero-order chi connectivity index (χ0) is 18.9. The zero-order valence-electron chi connectivity index (χ0n) is 14.8. The molecule has 0 fully saturated rings. The van der Waals surface area contributed by atoms with Crippen LogP contribution in [0.3, 0.4) is 0 Å². The van der Waals surface area contributed by atoms with Gasteiger partial charge in [-0.1, -0.05) is 0 Å². The fraction of sp³-hybridized carbons (Fsp3) is 0.278. The molecule has 0 aromatic heterocycles. The van der Waals surface area contributed by atoms with E-state index in [-0.39, 0.29) is 10.8 Å². The second-order valence-corrected chi connectivity index (χ2v) is 7.84. The van der Waals surface area contributed by atoms with Crippen molar-refractivity contribution in [2.75, 3.05) is 36.5 Å². The van der Waals surface area contributed by atoms with Crippen LogP contribution in [0.15, 0.2) is 47.4 Å². The molecule has 0 spiro atoms. The molecule has 3 rings (SSSR count). The van der Waals surface area contributed by atoms with Gasteiger partial charge in [0, 0.05) is 32.8 Å². The molecule has 0 bridgehead atoms. The Bertz CT molecular complexity index is 925. The quantitative estimate of drug-likeness (QED) is 0.818. The van der Waals surface area contributed by atoms with Gasteiger partial charge in [-0.25, -0.2) is 8.42 Å². The number of fused-ring (bicyclic) bond motifs is 1. The molecule has 0 radical (unpaired) electrons. The Balaban J connectivity index is 1.88. The van der Waals surface area contributed by atoms with E-state index in [0.717, 1.165) is 0 Å². The van der Waals surface area contributed by atoms with Gasteiger partial charge in [-0.2, -0.15) is 0 Å². The van der Waals surface area contributed by atoms with Gasteiger partial charge in [-0.3, -0.25) is 9.10 Å². The molecule has 138 valence electrons. The smallest absolute Gasteiger partial charge is 0.264 e. The number of ether oxygens (including phenoxy) is 2. The minimum atomic E-state index is -3.76. The third-order valence-electron chi connectivity index (χ3n) is 4.24. The van der Waals surface area contributed by atoms with E-state index >= 15 is 0 Å². The molecule has 2 aromatic carbocycles. The summed E-state index contributed by atoms with van der Waals surface area (Å²) < 4.78 is 37.9. The van der Waals surface area contributed by atoms with Crippen LogP contribution in [0.2, 0.25) is 0 Å². The van der Waals surface area contributed by atoms with Crippen molar-refractivity contribution in [1.29, 1.82) is 0 Å². The Hall–Kier alpha value is -2.74. The Kier molecular flexibility index (Phi) is 4.78. The first-order valence-corrected chi connectivity index (χ1v) is 9.47. The number of carbonyl (C=O) groups is 1. The molecule has 7 nitrogen and oxygen atoms in total. The van der Waals surface area contributed by atoms with E-state index < -0.39 is 10.0 Å². The van der Waals surface area contributed by atoms with Crippen molar-refractivity contribution >= 4 is 27.3 Å². The Morgan fingerprint density at radius 1 is 0.923 bits per heavy atom. The summed E-state index contributed by atoms with van der Waals surface area (Å²) in [5.74, 6) is 0.855. The Morgan fingerprint density at radius 2 is 1.50 bits per heavy atom. The predicted octanol–water partition coefficient (Wildman–Crippen LogP) is 2.27. The van der Waals surface area contributed by atoms with Crippen LogP contribution in [0.1, 0.15) is 6.92 Å². The van der Waals surface area contributed by atoms with Crippen LogP contribution in [-0.2, 0) is 14.8 Å². The van der Waals surface area contributed by atoms with Crippen molar-refractivity contribution in [3.05, 3.63) is 42.5 Å². The normalized spacial score (nSPS) is 13.2. The number of anilines is 2. The fourth-order valence-electron chi connectivity index (χ4n) is 2.55. The maximum atomic E-state index is 12.9. The van der Waals surface area contributed by atoms with Gasteiger partial charge in [0.15, 0.2) is 11.5 Å². The average molecular weight is 376 g/mol. The molecule has 1 aliphatic heterocycles. The molecule has 2 aromatic rings. The van der Waals surface area contributed by atoms with E-state index in [2.05, 4.69) is 0 Å². The number of nitrogens with zero attached hydrogens (tertiary/aromatic N) is 2. The van der Waals surface area contributed by atoms with Gasteiger partial charge in [0.25, 0.3) is 10.0 Å². The summed E-state index contributed by atoms with van der Waals surface area (Å²) in [6, 6.07) is 11.3. The fourth-order valence-corrected chi connectivity index (χ4v) is 3.76. The van der Waals surface area contributed by atoms with Gasteiger partial charge < -0.3 is 14.4 Å². The third-order valence-corrected chi connectivity index (χ3v) is 6.03. The molecule has 0 saturated carbocycles. The van der Waals surface area contributed by atoms with E-state index in [4.69, 9.17) is 9.47 Å². The second kappa shape index (κ2) is 6.87. The highest BCUT2D eigenvalue weighted by atomic mass is 32.2. The van der Waals surface area contributed by atoms with Crippen LogP contribution < -0.4 is 18.7 Å². The number of sulfonamides is 1. The molecule has 0 saturated heterocycles. The molecule has 1 heterocycles. The molecule has 0 N–H and O–H groups in total. The van der Waals surface area contributed by atoms with Gasteiger partial charge in [-0.15, -0.1) is 0 Å². The first kappa shape index (κ1) is 18.1. The maximum Gasteiger partial charge on any atom is 0.264 e. The average Bonchev–Trinajstić information content (AvgIpc) is 2.66. The van der Waals surface area contributed by atoms with Gasteiger partial charge in [-0.05, 0) is 36.4 Å². The molecule has 1 amide bonds. The lowest BCUT2D eigenvalue weighted by molar-refractivity contribution is -0.116. The highest BCUT2D eigenvalue weighted by Gasteiger charge is 2.24. The van der Waals surface area contributed by atoms with Crippen LogP contribution in [0.5, 0.6) is 11.5 Å². The zero-order valence-corrected chi connectivity index (χ0v) is 15.6. The summed E-state index contributed by atoms with van der Waals surface area (Å²) in [4.78, 5) is 13.0. The molecule has 8 heteroatoms. The highest BCUT2D eigenvalue weighted by Crippen LogP contribution is 2.34. The monoisotopic (exact) mass is 376 g/mol. The van der Waals surface area contributed by atoms with Crippen LogP contribution in [0, 0.1) is 0 Å². The molecule has 26 heavy (non-hydrogen) atoms. The molecular formula is C18H20N2O5S. The first-order chi connectivity index (χ1) is 12.3. The summed E-state index contributed by atoms with van der Waals surface area (Å²) in [5.41, 5.74) is 1.17. The maximum absolute atomic E-state index is 12.9. The first-order valence-electron chi connectivity index (χ1n) is 8.03. The van der Waals surface area contributed by atoms with Crippen LogP contribution in [-0.4, -0.2) is 41.6 Å². The standard InChI is InChI=1S/C18H20N2O5S/c1-13(21)19(2)14-4-6-15(7-5-14)20(3)26(22,23)16-8-9-17-18(12-16)25-11-10-24-17/h4-9,12H,10-11H2,1-3H3. The van der Waals surface area contributed by atoms with Crippen molar-refractivity contribution in [2.45, 2.75) is 11.8 Å².